The Hall–Kier alpha value is -3.85. The van der Waals surface area contributed by atoms with Gasteiger partial charge in [0.15, 0.2) is 28.0 Å². The summed E-state index contributed by atoms with van der Waals surface area (Å²) in [5, 5.41) is 5.76. The normalized spacial score (nSPS) is 13.3. The molecule has 2 aromatic carbocycles. The molecule has 2 aromatic heterocycles. The molecule has 0 radical (unpaired) electrons. The quantitative estimate of drug-likeness (QED) is 0.517. The number of ether oxygens (including phenoxy) is 3. The van der Waals surface area contributed by atoms with Crippen molar-refractivity contribution in [3.63, 3.8) is 0 Å². The fourth-order valence-corrected chi connectivity index (χ4v) is 3.72. The van der Waals surface area contributed by atoms with Gasteiger partial charge in [0.25, 0.3) is 5.91 Å². The number of anilines is 1. The van der Waals surface area contributed by atoms with E-state index < -0.39 is 0 Å². The van der Waals surface area contributed by atoms with Crippen LogP contribution in [-0.4, -0.2) is 31.2 Å². The molecule has 0 atom stereocenters. The van der Waals surface area contributed by atoms with Gasteiger partial charge in [-0.15, -0.1) is 11.3 Å². The Bertz CT molecular complexity index is 1330. The van der Waals surface area contributed by atoms with E-state index in [9.17, 15) is 4.79 Å². The molecule has 0 fully saturated rings. The Morgan fingerprint density at radius 2 is 2.03 bits per heavy atom. The lowest BCUT2D eigenvalue weighted by molar-refractivity contribution is 0.102. The molecular weight excluding hydrogens is 418 g/mol. The lowest BCUT2D eigenvalue weighted by atomic mass is 10.1. The fraction of sp³-hybridized carbons (Fsp3) is 0.136. The van der Waals surface area contributed by atoms with Crippen LogP contribution in [0.1, 0.15) is 10.4 Å². The Morgan fingerprint density at radius 3 is 2.84 bits per heavy atom. The Morgan fingerprint density at radius 1 is 1.16 bits per heavy atom. The average Bonchev–Trinajstić information content (AvgIpc) is 3.31. The summed E-state index contributed by atoms with van der Waals surface area (Å²) in [6.45, 7) is 0.972. The lowest BCUT2D eigenvalue weighted by Gasteiger charge is -2.18. The Labute approximate surface area is 180 Å². The Balaban J connectivity index is 1.67. The van der Waals surface area contributed by atoms with Gasteiger partial charge < -0.3 is 18.6 Å². The van der Waals surface area contributed by atoms with Gasteiger partial charge in [-0.3, -0.25) is 10.1 Å². The van der Waals surface area contributed by atoms with Crippen molar-refractivity contribution >= 4 is 39.0 Å². The maximum absolute atomic E-state index is 13.0. The van der Waals surface area contributed by atoms with Gasteiger partial charge in [-0.2, -0.15) is 0 Å². The number of fused-ring (bicyclic) bond motifs is 2. The van der Waals surface area contributed by atoms with Gasteiger partial charge in [-0.05, 0) is 24.3 Å². The number of aromatic nitrogens is 1. The highest BCUT2D eigenvalue weighted by molar-refractivity contribution is 7.13. The van der Waals surface area contributed by atoms with Crippen LogP contribution in [0, 0.1) is 0 Å². The molecule has 0 saturated heterocycles. The second kappa shape index (κ2) is 8.11. The van der Waals surface area contributed by atoms with Crippen molar-refractivity contribution in [3.05, 3.63) is 65.2 Å². The van der Waals surface area contributed by atoms with E-state index in [1.165, 1.54) is 11.3 Å². The molecule has 3 heterocycles. The highest BCUT2D eigenvalue weighted by Crippen LogP contribution is 2.33. The first kappa shape index (κ1) is 19.1. The molecule has 1 amide bonds. The fourth-order valence-electron chi connectivity index (χ4n) is 3.20. The first-order chi connectivity index (χ1) is 15.2. The molecule has 5 rings (SSSR count). The highest BCUT2D eigenvalue weighted by Gasteiger charge is 2.17. The predicted octanol–water partition coefficient (Wildman–Crippen LogP) is 4.15. The smallest absolute Gasteiger partial charge is 0.262 e. The zero-order chi connectivity index (χ0) is 21.2. The highest BCUT2D eigenvalue weighted by atomic mass is 32.1. The van der Waals surface area contributed by atoms with Crippen LogP contribution in [0.5, 0.6) is 17.2 Å². The summed E-state index contributed by atoms with van der Waals surface area (Å²) < 4.78 is 22.7. The summed E-state index contributed by atoms with van der Waals surface area (Å²) in [5.41, 5.74) is 1.46. The van der Waals surface area contributed by atoms with Gasteiger partial charge >= 0.3 is 0 Å². The summed E-state index contributed by atoms with van der Waals surface area (Å²) in [6, 6.07) is 12.5. The second-order valence-corrected chi connectivity index (χ2v) is 7.47. The van der Waals surface area contributed by atoms with Crippen molar-refractivity contribution in [1.29, 1.82) is 0 Å². The molecule has 0 unspecified atom stereocenters. The van der Waals surface area contributed by atoms with E-state index >= 15 is 0 Å². The van der Waals surface area contributed by atoms with E-state index in [2.05, 4.69) is 15.3 Å². The number of hydrogen-bond donors (Lipinski definition) is 1. The third kappa shape index (κ3) is 3.82. The second-order valence-electron chi connectivity index (χ2n) is 6.57. The molecule has 0 spiro atoms. The number of carbonyl (C=O) groups is 1. The molecular formula is C22H17N3O5S. The molecule has 0 saturated carbocycles. The van der Waals surface area contributed by atoms with Gasteiger partial charge in [0.1, 0.15) is 18.8 Å². The minimum absolute atomic E-state index is 0.141. The third-order valence-electron chi connectivity index (χ3n) is 4.61. The van der Waals surface area contributed by atoms with Gasteiger partial charge in [-0.25, -0.2) is 9.98 Å². The number of rotatable bonds is 4. The van der Waals surface area contributed by atoms with E-state index in [1.807, 2.05) is 12.1 Å². The monoisotopic (exact) mass is 435 g/mol. The molecule has 8 nitrogen and oxygen atoms in total. The number of methoxy groups -OCH3 is 1. The van der Waals surface area contributed by atoms with E-state index in [0.29, 0.717) is 52.3 Å². The zero-order valence-corrected chi connectivity index (χ0v) is 17.3. The number of nitrogens with zero attached hydrogens (tertiary/aromatic N) is 2. The topological polar surface area (TPSA) is 95.2 Å². The van der Waals surface area contributed by atoms with Crippen molar-refractivity contribution in [2.24, 2.45) is 4.99 Å². The van der Waals surface area contributed by atoms with E-state index in [0.717, 1.165) is 0 Å². The van der Waals surface area contributed by atoms with Gasteiger partial charge in [0, 0.05) is 23.0 Å². The molecule has 4 aromatic rings. The predicted molar refractivity (Wildman–Crippen MR) is 115 cm³/mol. The maximum atomic E-state index is 13.0. The molecule has 156 valence electrons. The standard InChI is InChI=1S/C22H17N3O5S/c1-27-17-4-2-3-13-11-15(20(26)25-22-23-7-10-31-22)21(30-19(13)17)24-14-5-6-16-18(12-14)29-9-8-28-16/h2-7,10-12H,8-9H2,1H3,(H,23,25,26). The first-order valence-electron chi connectivity index (χ1n) is 9.47. The Kier molecular flexibility index (Phi) is 5.01. The molecule has 9 heteroatoms. The summed E-state index contributed by atoms with van der Waals surface area (Å²) in [6.07, 6.45) is 1.62. The van der Waals surface area contributed by atoms with Crippen LogP contribution < -0.4 is 25.1 Å². The molecule has 1 aliphatic heterocycles. The number of hydrogen-bond acceptors (Lipinski definition) is 8. The minimum Gasteiger partial charge on any atom is -0.493 e. The molecule has 1 aliphatic rings. The van der Waals surface area contributed by atoms with Crippen molar-refractivity contribution < 1.29 is 23.4 Å². The number of amides is 1. The molecule has 0 bridgehead atoms. The van der Waals surface area contributed by atoms with Crippen molar-refractivity contribution in [1.82, 2.24) is 4.98 Å². The average molecular weight is 435 g/mol. The van der Waals surface area contributed by atoms with Crippen molar-refractivity contribution in [3.8, 4) is 17.2 Å². The van der Waals surface area contributed by atoms with Crippen LogP contribution in [-0.2, 0) is 0 Å². The van der Waals surface area contributed by atoms with Crippen LogP contribution in [0.25, 0.3) is 11.0 Å². The van der Waals surface area contributed by atoms with E-state index in [1.54, 1.807) is 49.0 Å². The summed E-state index contributed by atoms with van der Waals surface area (Å²) in [7, 11) is 1.56. The van der Waals surface area contributed by atoms with Crippen LogP contribution in [0.3, 0.4) is 0 Å². The van der Waals surface area contributed by atoms with Crippen molar-refractivity contribution in [2.75, 3.05) is 25.6 Å². The summed E-state index contributed by atoms with van der Waals surface area (Å²) in [5.74, 6) is 1.42. The largest absolute Gasteiger partial charge is 0.493 e. The number of benzene rings is 2. The number of para-hydroxylation sites is 1. The minimum atomic E-state index is -0.375. The summed E-state index contributed by atoms with van der Waals surface area (Å²) >= 11 is 1.33. The van der Waals surface area contributed by atoms with Gasteiger partial charge in [-0.1, -0.05) is 12.1 Å². The molecule has 31 heavy (non-hydrogen) atoms. The van der Waals surface area contributed by atoms with Gasteiger partial charge in [0.05, 0.1) is 12.8 Å². The molecule has 0 aliphatic carbocycles. The van der Waals surface area contributed by atoms with E-state index in [4.69, 9.17) is 18.6 Å². The van der Waals surface area contributed by atoms with Gasteiger partial charge in [0.2, 0.25) is 5.55 Å². The maximum Gasteiger partial charge on any atom is 0.262 e. The number of nitrogens with one attached hydrogen (secondary N) is 1. The number of carbonyl (C=O) groups excluding carboxylic acids is 1. The van der Waals surface area contributed by atoms with Crippen LogP contribution in [0.15, 0.2) is 63.5 Å². The zero-order valence-electron chi connectivity index (χ0n) is 16.5. The SMILES string of the molecule is COc1cccc2cc(C(=O)Nc3nccs3)c(=Nc3ccc4c(c3)OCCO4)oc12. The van der Waals surface area contributed by atoms with Crippen LogP contribution in [0.4, 0.5) is 10.8 Å². The van der Waals surface area contributed by atoms with E-state index in [-0.39, 0.29) is 17.0 Å². The first-order valence-corrected chi connectivity index (χ1v) is 10.4. The third-order valence-corrected chi connectivity index (χ3v) is 5.30. The lowest BCUT2D eigenvalue weighted by Crippen LogP contribution is -2.21. The molecule has 1 N–H and O–H groups in total. The summed E-state index contributed by atoms with van der Waals surface area (Å²) in [4.78, 5) is 21.7. The van der Waals surface area contributed by atoms with Crippen LogP contribution >= 0.6 is 11.3 Å². The number of thiazole rings is 1. The van der Waals surface area contributed by atoms with Crippen LogP contribution in [0.2, 0.25) is 0 Å². The van der Waals surface area contributed by atoms with Crippen molar-refractivity contribution in [2.45, 2.75) is 0 Å².